The molecule has 0 atom stereocenters. The number of anilines is 2. The lowest BCUT2D eigenvalue weighted by molar-refractivity contribution is -0.116. The molecule has 5 nitrogen and oxygen atoms in total. The minimum atomic E-state index is -0.0744. The van der Waals surface area contributed by atoms with Crippen molar-refractivity contribution in [1.82, 2.24) is 0 Å². The molecule has 0 aliphatic heterocycles. The van der Waals surface area contributed by atoms with Crippen LogP contribution in [0.15, 0.2) is 18.2 Å². The van der Waals surface area contributed by atoms with Crippen LogP contribution in [-0.4, -0.2) is 26.2 Å². The predicted octanol–water partition coefficient (Wildman–Crippen LogP) is 2.45. The fourth-order valence-electron chi connectivity index (χ4n) is 1.46. The standard InChI is InChI=1S/C13H20N2O3.ClH/c1-3-18-8-4-5-13(16)15-12-9-10(17-2)6-7-11(12)14;/h6-7,9H,3-5,8,14H2,1-2H3,(H,15,16);1H. The first-order valence-electron chi connectivity index (χ1n) is 5.98. The van der Waals surface area contributed by atoms with E-state index in [2.05, 4.69) is 5.32 Å². The molecule has 1 aromatic carbocycles. The summed E-state index contributed by atoms with van der Waals surface area (Å²) >= 11 is 0. The number of benzene rings is 1. The summed E-state index contributed by atoms with van der Waals surface area (Å²) in [5.74, 6) is 0.587. The van der Waals surface area contributed by atoms with Gasteiger partial charge in [0.15, 0.2) is 0 Å². The quantitative estimate of drug-likeness (QED) is 0.597. The van der Waals surface area contributed by atoms with Crippen LogP contribution >= 0.6 is 12.4 Å². The molecule has 0 radical (unpaired) electrons. The van der Waals surface area contributed by atoms with Gasteiger partial charge in [0.2, 0.25) is 5.91 Å². The summed E-state index contributed by atoms with van der Waals surface area (Å²) in [6.07, 6.45) is 1.11. The molecule has 0 aliphatic carbocycles. The highest BCUT2D eigenvalue weighted by Crippen LogP contribution is 2.24. The molecular weight excluding hydrogens is 268 g/mol. The summed E-state index contributed by atoms with van der Waals surface area (Å²) in [4.78, 5) is 11.7. The largest absolute Gasteiger partial charge is 0.497 e. The van der Waals surface area contributed by atoms with Gasteiger partial charge in [0.1, 0.15) is 5.75 Å². The maximum Gasteiger partial charge on any atom is 0.224 e. The summed E-state index contributed by atoms with van der Waals surface area (Å²) in [6.45, 7) is 3.19. The van der Waals surface area contributed by atoms with Gasteiger partial charge in [-0.3, -0.25) is 4.79 Å². The van der Waals surface area contributed by atoms with Crippen LogP contribution < -0.4 is 15.8 Å². The normalized spacial score (nSPS) is 9.58. The SMILES string of the molecule is CCOCCCC(=O)Nc1cc(OC)ccc1N.Cl. The molecule has 0 saturated heterocycles. The molecule has 0 heterocycles. The van der Waals surface area contributed by atoms with Crippen molar-refractivity contribution >= 4 is 29.7 Å². The van der Waals surface area contributed by atoms with E-state index in [1.165, 1.54) is 0 Å². The summed E-state index contributed by atoms with van der Waals surface area (Å²) in [6, 6.07) is 5.16. The van der Waals surface area contributed by atoms with E-state index in [0.29, 0.717) is 43.2 Å². The van der Waals surface area contributed by atoms with E-state index in [0.717, 1.165) is 0 Å². The molecule has 6 heteroatoms. The number of methoxy groups -OCH3 is 1. The molecule has 0 saturated carbocycles. The minimum absolute atomic E-state index is 0. The van der Waals surface area contributed by atoms with Crippen molar-refractivity contribution in [3.63, 3.8) is 0 Å². The summed E-state index contributed by atoms with van der Waals surface area (Å²) in [7, 11) is 1.57. The number of hydrogen-bond acceptors (Lipinski definition) is 4. The highest BCUT2D eigenvalue weighted by molar-refractivity contribution is 5.94. The number of halogens is 1. The molecule has 19 heavy (non-hydrogen) atoms. The van der Waals surface area contributed by atoms with Crippen molar-refractivity contribution in [3.05, 3.63) is 18.2 Å². The molecule has 0 fully saturated rings. The number of ether oxygens (including phenoxy) is 2. The zero-order valence-corrected chi connectivity index (χ0v) is 12.1. The van der Waals surface area contributed by atoms with E-state index in [4.69, 9.17) is 15.2 Å². The summed E-state index contributed by atoms with van der Waals surface area (Å²) in [5, 5.41) is 2.76. The van der Waals surface area contributed by atoms with Crippen molar-refractivity contribution in [1.29, 1.82) is 0 Å². The summed E-state index contributed by atoms with van der Waals surface area (Å²) < 4.78 is 10.2. The minimum Gasteiger partial charge on any atom is -0.497 e. The highest BCUT2D eigenvalue weighted by Gasteiger charge is 2.06. The molecule has 108 valence electrons. The van der Waals surface area contributed by atoms with Crippen molar-refractivity contribution in [2.45, 2.75) is 19.8 Å². The first-order chi connectivity index (χ1) is 8.67. The third-order valence-electron chi connectivity index (χ3n) is 2.43. The van der Waals surface area contributed by atoms with Gasteiger partial charge in [-0.25, -0.2) is 0 Å². The zero-order valence-electron chi connectivity index (χ0n) is 11.3. The topological polar surface area (TPSA) is 73.6 Å². The molecule has 1 aromatic rings. The second-order valence-electron chi connectivity index (χ2n) is 3.80. The highest BCUT2D eigenvalue weighted by atomic mass is 35.5. The number of carbonyl (C=O) groups is 1. The van der Waals surface area contributed by atoms with Crippen molar-refractivity contribution in [2.24, 2.45) is 0 Å². The van der Waals surface area contributed by atoms with Gasteiger partial charge in [-0.05, 0) is 25.5 Å². The average molecular weight is 289 g/mol. The van der Waals surface area contributed by atoms with Gasteiger partial charge >= 0.3 is 0 Å². The van der Waals surface area contributed by atoms with Crippen LogP contribution in [0.4, 0.5) is 11.4 Å². The third kappa shape index (κ3) is 6.31. The third-order valence-corrected chi connectivity index (χ3v) is 2.43. The van der Waals surface area contributed by atoms with Gasteiger partial charge in [0.05, 0.1) is 18.5 Å². The first kappa shape index (κ1) is 17.5. The van der Waals surface area contributed by atoms with E-state index in [-0.39, 0.29) is 18.3 Å². The van der Waals surface area contributed by atoms with Crippen LogP contribution in [0.2, 0.25) is 0 Å². The molecule has 0 aliphatic rings. The van der Waals surface area contributed by atoms with Crippen LogP contribution in [0.1, 0.15) is 19.8 Å². The molecule has 1 rings (SSSR count). The van der Waals surface area contributed by atoms with Crippen molar-refractivity contribution in [2.75, 3.05) is 31.4 Å². The van der Waals surface area contributed by atoms with Gasteiger partial charge in [0, 0.05) is 25.7 Å². The van der Waals surface area contributed by atoms with Crippen LogP contribution in [0.3, 0.4) is 0 Å². The van der Waals surface area contributed by atoms with E-state index in [9.17, 15) is 4.79 Å². The van der Waals surface area contributed by atoms with Gasteiger partial charge in [-0.15, -0.1) is 12.4 Å². The Kier molecular flexibility index (Phi) is 8.74. The molecule has 0 bridgehead atoms. The molecular formula is C13H21ClN2O3. The Morgan fingerprint density at radius 2 is 2.16 bits per heavy atom. The number of hydrogen-bond donors (Lipinski definition) is 2. The molecule has 0 spiro atoms. The van der Waals surface area contributed by atoms with Crippen LogP contribution in [0, 0.1) is 0 Å². The lowest BCUT2D eigenvalue weighted by Gasteiger charge is -2.10. The lowest BCUT2D eigenvalue weighted by atomic mass is 10.2. The van der Waals surface area contributed by atoms with E-state index >= 15 is 0 Å². The number of nitrogen functional groups attached to an aromatic ring is 1. The van der Waals surface area contributed by atoms with Gasteiger partial charge < -0.3 is 20.5 Å². The first-order valence-corrected chi connectivity index (χ1v) is 5.98. The molecule has 3 N–H and O–H groups in total. The Labute approximate surface area is 119 Å². The fraction of sp³-hybridized carbons (Fsp3) is 0.462. The van der Waals surface area contributed by atoms with Crippen LogP contribution in [0.5, 0.6) is 5.75 Å². The maximum absolute atomic E-state index is 11.7. The number of carbonyl (C=O) groups excluding carboxylic acids is 1. The van der Waals surface area contributed by atoms with E-state index < -0.39 is 0 Å². The van der Waals surface area contributed by atoms with E-state index in [1.54, 1.807) is 25.3 Å². The predicted molar refractivity (Wildman–Crippen MR) is 79.0 cm³/mol. The smallest absolute Gasteiger partial charge is 0.224 e. The van der Waals surface area contributed by atoms with Crippen molar-refractivity contribution in [3.8, 4) is 5.75 Å². The van der Waals surface area contributed by atoms with Crippen LogP contribution in [-0.2, 0) is 9.53 Å². The Morgan fingerprint density at radius 3 is 2.79 bits per heavy atom. The lowest BCUT2D eigenvalue weighted by Crippen LogP contribution is -2.13. The monoisotopic (exact) mass is 288 g/mol. The second-order valence-corrected chi connectivity index (χ2v) is 3.80. The molecule has 1 amide bonds. The van der Waals surface area contributed by atoms with Gasteiger partial charge in [-0.1, -0.05) is 0 Å². The number of amides is 1. The second kappa shape index (κ2) is 9.47. The Morgan fingerprint density at radius 1 is 1.42 bits per heavy atom. The van der Waals surface area contributed by atoms with Gasteiger partial charge in [-0.2, -0.15) is 0 Å². The average Bonchev–Trinajstić information content (AvgIpc) is 2.37. The molecule has 0 unspecified atom stereocenters. The van der Waals surface area contributed by atoms with Gasteiger partial charge in [0.25, 0.3) is 0 Å². The van der Waals surface area contributed by atoms with E-state index in [1.807, 2.05) is 6.92 Å². The summed E-state index contributed by atoms with van der Waals surface area (Å²) in [5.41, 5.74) is 6.88. The Bertz CT molecular complexity index is 399. The van der Waals surface area contributed by atoms with Crippen molar-refractivity contribution < 1.29 is 14.3 Å². The number of rotatable bonds is 7. The van der Waals surface area contributed by atoms with Crippen LogP contribution in [0.25, 0.3) is 0 Å². The molecule has 0 aromatic heterocycles. The fourth-order valence-corrected chi connectivity index (χ4v) is 1.46. The Balaban J connectivity index is 0.00000324. The zero-order chi connectivity index (χ0) is 13.4. The Hall–Kier alpha value is -1.46. The maximum atomic E-state index is 11.7. The number of nitrogens with two attached hydrogens (primary N) is 1. The number of nitrogens with one attached hydrogen (secondary N) is 1.